The molecule has 0 spiro atoms. The Hall–Kier alpha value is -2.69. The smallest absolute Gasteiger partial charge is 0.197 e. The molecule has 1 aliphatic heterocycles. The number of likely N-dealkylation sites (tertiary alicyclic amines) is 1. The molecule has 0 unspecified atom stereocenters. The van der Waals surface area contributed by atoms with Crippen LogP contribution in [0.4, 0.5) is 4.39 Å². The molecule has 2 atom stereocenters. The molecule has 0 bridgehead atoms. The molecule has 1 aliphatic rings. The maximum Gasteiger partial charge on any atom is 0.197 e. The third-order valence-electron chi connectivity index (χ3n) is 5.99. The number of nitrogens with zero attached hydrogens (tertiary/aromatic N) is 5. The zero-order valence-corrected chi connectivity index (χ0v) is 19.4. The van der Waals surface area contributed by atoms with Crippen LogP contribution in [0.1, 0.15) is 49.2 Å². The van der Waals surface area contributed by atoms with E-state index in [1.807, 2.05) is 4.57 Å². The normalized spacial score (nSPS) is 16.4. The summed E-state index contributed by atoms with van der Waals surface area (Å²) < 4.78 is 15.6. The molecule has 2 aromatic carbocycles. The lowest BCUT2D eigenvalue weighted by Crippen LogP contribution is -2.33. The minimum atomic E-state index is -0.306. The van der Waals surface area contributed by atoms with Crippen LogP contribution in [0.25, 0.3) is 5.69 Å². The number of aryl methyl sites for hydroxylation is 1. The molecular weight excluding hydrogens is 421 g/mol. The summed E-state index contributed by atoms with van der Waals surface area (Å²) in [5.74, 6) is 0.545. The van der Waals surface area contributed by atoms with Crippen LogP contribution >= 0.6 is 11.8 Å². The zero-order valence-electron chi connectivity index (χ0n) is 18.5. The first-order valence-electron chi connectivity index (χ1n) is 11.1. The van der Waals surface area contributed by atoms with E-state index in [0.29, 0.717) is 11.6 Å². The van der Waals surface area contributed by atoms with Crippen molar-refractivity contribution in [3.8, 4) is 11.8 Å². The van der Waals surface area contributed by atoms with Gasteiger partial charge in [-0.1, -0.05) is 48.0 Å². The number of benzene rings is 2. The van der Waals surface area contributed by atoms with E-state index >= 15 is 0 Å². The Morgan fingerprint density at radius 2 is 1.72 bits per heavy atom. The highest BCUT2D eigenvalue weighted by atomic mass is 32.2. The van der Waals surface area contributed by atoms with Crippen LogP contribution in [-0.2, 0) is 6.42 Å². The van der Waals surface area contributed by atoms with Gasteiger partial charge in [-0.2, -0.15) is 5.26 Å². The van der Waals surface area contributed by atoms with Crippen LogP contribution in [0.15, 0.2) is 53.7 Å². The summed E-state index contributed by atoms with van der Waals surface area (Å²) in [5, 5.41) is 19.2. The van der Waals surface area contributed by atoms with Crippen molar-refractivity contribution in [2.45, 2.75) is 56.0 Å². The van der Waals surface area contributed by atoms with E-state index in [9.17, 15) is 9.65 Å². The molecule has 0 saturated carbocycles. The van der Waals surface area contributed by atoms with Crippen molar-refractivity contribution >= 4 is 11.8 Å². The Morgan fingerprint density at radius 1 is 1.03 bits per heavy atom. The molecule has 3 aromatic rings. The third kappa shape index (κ3) is 5.20. The molecule has 0 radical (unpaired) electrons. The van der Waals surface area contributed by atoms with Crippen molar-refractivity contribution in [2.75, 3.05) is 13.1 Å². The highest BCUT2D eigenvalue weighted by molar-refractivity contribution is 8.00. The number of nitriles is 1. The van der Waals surface area contributed by atoms with Gasteiger partial charge in [0, 0.05) is 5.69 Å². The predicted molar refractivity (Wildman–Crippen MR) is 125 cm³/mol. The second kappa shape index (κ2) is 10.3. The van der Waals surface area contributed by atoms with Crippen LogP contribution in [-0.4, -0.2) is 38.0 Å². The molecule has 0 N–H and O–H groups in total. The first kappa shape index (κ1) is 22.5. The molecule has 5 nitrogen and oxygen atoms in total. The number of hydrogen-bond donors (Lipinski definition) is 0. The Kier molecular flexibility index (Phi) is 7.23. The van der Waals surface area contributed by atoms with Crippen LogP contribution in [0.5, 0.6) is 0 Å². The summed E-state index contributed by atoms with van der Waals surface area (Å²) in [6, 6.07) is 17.1. The summed E-state index contributed by atoms with van der Waals surface area (Å²) in [4.78, 5) is 2.43. The lowest BCUT2D eigenvalue weighted by molar-refractivity contribution is 0.167. The van der Waals surface area contributed by atoms with Gasteiger partial charge in [0.25, 0.3) is 0 Å². The van der Waals surface area contributed by atoms with E-state index < -0.39 is 0 Å². The van der Waals surface area contributed by atoms with Crippen molar-refractivity contribution in [1.29, 1.82) is 5.26 Å². The summed E-state index contributed by atoms with van der Waals surface area (Å²) in [5.41, 5.74) is 3.12. The van der Waals surface area contributed by atoms with Crippen molar-refractivity contribution in [3.05, 3.63) is 71.3 Å². The summed E-state index contributed by atoms with van der Waals surface area (Å²) >= 11 is 1.41. The lowest BCUT2D eigenvalue weighted by Gasteiger charge is -2.31. The quantitative estimate of drug-likeness (QED) is 0.447. The Balaban J connectivity index is 1.64. The van der Waals surface area contributed by atoms with Gasteiger partial charge < -0.3 is 0 Å². The average Bonchev–Trinajstić information content (AvgIpc) is 3.24. The standard InChI is InChI=1S/C25H28FN5S/c1-18-6-8-20(9-7-18)16-23(17-27)32-25-29-28-24(19(2)30-14-4-3-5-15-30)31(25)22-12-10-21(26)11-13-22/h6-13,19,23H,3-5,14-16H2,1-2H3/t19-,23+/m1/s1. The van der Waals surface area contributed by atoms with Gasteiger partial charge in [-0.25, -0.2) is 4.39 Å². The topological polar surface area (TPSA) is 57.7 Å². The number of hydrogen-bond acceptors (Lipinski definition) is 5. The van der Waals surface area contributed by atoms with Crippen LogP contribution < -0.4 is 0 Å². The Bertz CT molecular complexity index is 1070. The number of rotatable bonds is 7. The van der Waals surface area contributed by atoms with Gasteiger partial charge in [0.1, 0.15) is 11.1 Å². The lowest BCUT2D eigenvalue weighted by atomic mass is 10.1. The minimum absolute atomic E-state index is 0.0832. The molecule has 4 rings (SSSR count). The molecule has 0 amide bonds. The van der Waals surface area contributed by atoms with E-state index in [1.54, 1.807) is 12.1 Å². The van der Waals surface area contributed by atoms with Gasteiger partial charge in [0.05, 0.1) is 12.1 Å². The summed E-state index contributed by atoms with van der Waals surface area (Å²) in [7, 11) is 0. The largest absolute Gasteiger partial charge is 0.294 e. The minimum Gasteiger partial charge on any atom is -0.294 e. The van der Waals surface area contributed by atoms with Gasteiger partial charge in [0.15, 0.2) is 11.0 Å². The van der Waals surface area contributed by atoms with Crippen LogP contribution in [0.3, 0.4) is 0 Å². The van der Waals surface area contributed by atoms with Crippen LogP contribution in [0, 0.1) is 24.1 Å². The zero-order chi connectivity index (χ0) is 22.5. The summed E-state index contributed by atoms with van der Waals surface area (Å²) in [6.45, 7) is 6.27. The van der Waals surface area contributed by atoms with Crippen molar-refractivity contribution in [3.63, 3.8) is 0 Å². The first-order chi connectivity index (χ1) is 15.5. The van der Waals surface area contributed by atoms with Gasteiger partial charge in [-0.05, 0) is 76.0 Å². The molecule has 1 fully saturated rings. The highest BCUT2D eigenvalue weighted by Gasteiger charge is 2.27. The summed E-state index contributed by atoms with van der Waals surface area (Å²) in [6.07, 6.45) is 4.25. The second-order valence-electron chi connectivity index (χ2n) is 8.35. The molecule has 7 heteroatoms. The molecule has 1 saturated heterocycles. The first-order valence-corrected chi connectivity index (χ1v) is 12.0. The highest BCUT2D eigenvalue weighted by Crippen LogP contribution is 2.32. The van der Waals surface area contributed by atoms with E-state index in [0.717, 1.165) is 30.2 Å². The van der Waals surface area contributed by atoms with Crippen LogP contribution in [0.2, 0.25) is 0 Å². The van der Waals surface area contributed by atoms with Gasteiger partial charge in [-0.15, -0.1) is 10.2 Å². The number of piperidine rings is 1. The fourth-order valence-electron chi connectivity index (χ4n) is 4.11. The van der Waals surface area contributed by atoms with E-state index in [2.05, 4.69) is 59.3 Å². The molecule has 166 valence electrons. The maximum atomic E-state index is 13.6. The molecule has 0 aliphatic carbocycles. The van der Waals surface area contributed by atoms with Crippen molar-refractivity contribution < 1.29 is 4.39 Å². The fraction of sp³-hybridized carbons (Fsp3) is 0.400. The van der Waals surface area contributed by atoms with Gasteiger partial charge in [-0.3, -0.25) is 9.47 Å². The van der Waals surface area contributed by atoms with Gasteiger partial charge >= 0.3 is 0 Å². The molecular formula is C25H28FN5S. The van der Waals surface area contributed by atoms with E-state index in [-0.39, 0.29) is 17.1 Å². The second-order valence-corrected chi connectivity index (χ2v) is 9.52. The Morgan fingerprint density at radius 3 is 2.38 bits per heavy atom. The third-order valence-corrected chi connectivity index (χ3v) is 7.02. The molecule has 32 heavy (non-hydrogen) atoms. The Labute approximate surface area is 193 Å². The number of aromatic nitrogens is 3. The number of thioether (sulfide) groups is 1. The van der Waals surface area contributed by atoms with E-state index in [4.69, 9.17) is 0 Å². The predicted octanol–water partition coefficient (Wildman–Crippen LogP) is 5.49. The monoisotopic (exact) mass is 449 g/mol. The van der Waals surface area contributed by atoms with E-state index in [1.165, 1.54) is 48.7 Å². The SMILES string of the molecule is Cc1ccc(C[C@@H](C#N)Sc2nnc([C@@H](C)N3CCCCC3)n2-c2ccc(F)cc2)cc1. The van der Waals surface area contributed by atoms with Crippen molar-refractivity contribution in [1.82, 2.24) is 19.7 Å². The number of halogens is 1. The van der Waals surface area contributed by atoms with Gasteiger partial charge in [0.2, 0.25) is 0 Å². The molecule has 2 heterocycles. The molecule has 1 aromatic heterocycles. The average molecular weight is 450 g/mol. The maximum absolute atomic E-state index is 13.6. The van der Waals surface area contributed by atoms with Crippen molar-refractivity contribution in [2.24, 2.45) is 0 Å². The fourth-order valence-corrected chi connectivity index (χ4v) is 5.08.